The Morgan fingerprint density at radius 2 is 1.06 bits per heavy atom. The molecule has 0 heterocycles. The number of rotatable bonds is 34. The van der Waals surface area contributed by atoms with Gasteiger partial charge in [0.05, 0.1) is 32.7 Å². The quantitative estimate of drug-likeness (QED) is 0.0359. The topological polar surface area (TPSA) is 319 Å². The van der Waals surface area contributed by atoms with E-state index in [1.165, 1.54) is 26.4 Å². The van der Waals surface area contributed by atoms with Crippen molar-refractivity contribution < 1.29 is 43.7 Å². The number of ketones is 1. The van der Waals surface area contributed by atoms with Gasteiger partial charge in [-0.25, -0.2) is 0 Å². The second-order valence-electron chi connectivity index (χ2n) is 16.9. The Bertz CT molecular complexity index is 1930. The van der Waals surface area contributed by atoms with Crippen LogP contribution in [0.1, 0.15) is 144 Å². The summed E-state index contributed by atoms with van der Waals surface area (Å²) in [7, 11) is 1.41. The number of carboxylic acid groups (broad SMARTS) is 2. The van der Waals surface area contributed by atoms with Crippen LogP contribution in [-0.4, -0.2) is 97.6 Å². The van der Waals surface area contributed by atoms with Crippen LogP contribution < -0.4 is 64.1 Å². The average molecular weight is 936 g/mol. The summed E-state index contributed by atoms with van der Waals surface area (Å²) in [6.45, 7) is 12.6. The Balaban J connectivity index is 0.00000105. The van der Waals surface area contributed by atoms with E-state index in [2.05, 4.69) is 45.7 Å². The monoisotopic (exact) mass is 936 g/mol. The van der Waals surface area contributed by atoms with Crippen molar-refractivity contribution in [3.05, 3.63) is 40.9 Å². The average Bonchev–Trinajstić information content (AvgIpc) is 3.28. The summed E-state index contributed by atoms with van der Waals surface area (Å²) in [6.07, 6.45) is 13.4. The zero-order chi connectivity index (χ0) is 50.2. The highest BCUT2D eigenvalue weighted by Gasteiger charge is 2.27. The van der Waals surface area contributed by atoms with E-state index in [0.717, 1.165) is 57.9 Å². The van der Waals surface area contributed by atoms with Crippen molar-refractivity contribution in [3.8, 4) is 5.75 Å². The number of carboxylic acids is 2. The van der Waals surface area contributed by atoms with Crippen molar-refractivity contribution in [2.24, 2.45) is 17.6 Å². The first-order chi connectivity index (χ1) is 31.2. The van der Waals surface area contributed by atoms with Crippen LogP contribution in [0, 0.1) is 11.8 Å². The molecule has 66 heavy (non-hydrogen) atoms. The van der Waals surface area contributed by atoms with E-state index < -0.39 is 64.1 Å². The molecule has 0 aliphatic rings. The lowest BCUT2D eigenvalue weighted by Gasteiger charge is -2.23. The molecular formula is C46H77N7O13. The molecule has 0 aromatic heterocycles. The molecule has 0 aliphatic heterocycles. The molecular weight excluding hydrogens is 859 g/mol. The van der Waals surface area contributed by atoms with Gasteiger partial charge >= 0.3 is 11.9 Å². The number of carbonyl (C=O) groups excluding carboxylic acids is 4. The lowest BCUT2D eigenvalue weighted by atomic mass is 10.0. The van der Waals surface area contributed by atoms with Crippen LogP contribution in [0.4, 0.5) is 17.1 Å². The molecule has 0 saturated carbocycles. The van der Waals surface area contributed by atoms with Crippen LogP contribution in [0.3, 0.4) is 0 Å². The molecule has 20 heteroatoms. The van der Waals surface area contributed by atoms with Crippen LogP contribution in [0.15, 0.2) is 19.2 Å². The van der Waals surface area contributed by atoms with Gasteiger partial charge in [0.25, 0.3) is 21.7 Å². The van der Waals surface area contributed by atoms with Crippen LogP contribution in [0.25, 0.3) is 0 Å². The first kappa shape index (κ1) is 60.3. The molecule has 2 aromatic rings. The van der Waals surface area contributed by atoms with E-state index in [1.807, 2.05) is 27.7 Å². The van der Waals surface area contributed by atoms with Crippen LogP contribution in [0.5, 0.6) is 5.75 Å². The van der Waals surface area contributed by atoms with Crippen molar-refractivity contribution in [2.45, 2.75) is 156 Å². The molecule has 2 rings (SSSR count). The third kappa shape index (κ3) is 25.7. The number of unbranched alkanes of at least 4 members (excludes halogenated alkanes) is 8. The summed E-state index contributed by atoms with van der Waals surface area (Å²) in [5, 5.41) is 32.9. The fraction of sp³-hybridized carbons (Fsp3) is 0.696. The second kappa shape index (κ2) is 34.7. The lowest BCUT2D eigenvalue weighted by Crippen LogP contribution is -2.47. The standard InChI is InChI=1S/C22H36N4O6.C12H22N2O4.C12H19NO3/c1-4-5-6-7-8-11-23-18-19(21(31)20(18)30)26-15(10-9-14(2)3)22(32)25-12-16(27)24-13-17(28)29;1-8(2)3-5-10(13)12(18)14-7-9(15)4-6-11(16)17;1-3-4-5-6-7-8-13-9-10(14)11(15)12(9)16-2/h14-15,23,26H,4-13H2,1-3H3,(H,24,27)(H,25,32)(H,28,29);8,10H,3-7,13H2,1-2H3,(H,14,18)(H,16,17);13H,3-8H2,1-2H3. The van der Waals surface area contributed by atoms with Gasteiger partial charge in [-0.2, -0.15) is 0 Å². The predicted octanol–water partition coefficient (Wildman–Crippen LogP) is 3.17. The van der Waals surface area contributed by atoms with E-state index in [4.69, 9.17) is 20.7 Å². The number of methoxy groups -OCH3 is 1. The Kier molecular flexibility index (Phi) is 31.7. The van der Waals surface area contributed by atoms with Crippen LogP contribution >= 0.6 is 0 Å². The van der Waals surface area contributed by atoms with E-state index in [0.29, 0.717) is 43.3 Å². The highest BCUT2D eigenvalue weighted by atomic mass is 16.5. The lowest BCUT2D eigenvalue weighted by molar-refractivity contribution is -0.138. The van der Waals surface area contributed by atoms with Crippen LogP contribution in [-0.2, 0) is 28.8 Å². The number of ether oxygens (including phenoxy) is 1. The Morgan fingerprint density at radius 1 is 0.561 bits per heavy atom. The highest BCUT2D eigenvalue weighted by Crippen LogP contribution is 2.19. The van der Waals surface area contributed by atoms with Gasteiger partial charge in [0.2, 0.25) is 17.7 Å². The maximum absolute atomic E-state index is 12.6. The van der Waals surface area contributed by atoms with Gasteiger partial charge in [0.1, 0.15) is 29.6 Å². The van der Waals surface area contributed by atoms with Gasteiger partial charge in [0.15, 0.2) is 11.5 Å². The number of carbonyl (C=O) groups is 6. The minimum absolute atomic E-state index is 0.0726. The van der Waals surface area contributed by atoms with Crippen molar-refractivity contribution in [3.63, 3.8) is 0 Å². The Morgan fingerprint density at radius 3 is 1.58 bits per heavy atom. The van der Waals surface area contributed by atoms with Crippen molar-refractivity contribution in [1.82, 2.24) is 16.0 Å². The smallest absolute Gasteiger partial charge is 0.322 e. The molecule has 0 aliphatic carbocycles. The zero-order valence-electron chi connectivity index (χ0n) is 40.1. The van der Waals surface area contributed by atoms with E-state index in [-0.39, 0.29) is 54.7 Å². The second-order valence-corrected chi connectivity index (χ2v) is 16.9. The summed E-state index contributed by atoms with van der Waals surface area (Å²) in [6, 6.07) is -1.42. The van der Waals surface area contributed by atoms with Gasteiger partial charge < -0.3 is 52.6 Å². The van der Waals surface area contributed by atoms with Gasteiger partial charge in [0, 0.05) is 19.5 Å². The summed E-state index contributed by atoms with van der Waals surface area (Å²) >= 11 is 0. The van der Waals surface area contributed by atoms with Crippen molar-refractivity contribution in [2.75, 3.05) is 55.8 Å². The number of amides is 3. The largest absolute Gasteiger partial charge is 0.491 e. The molecule has 0 saturated heterocycles. The minimum atomic E-state index is -1.19. The maximum atomic E-state index is 12.6. The number of hydrogen-bond acceptors (Lipinski definition) is 15. The van der Waals surface area contributed by atoms with Gasteiger partial charge in [-0.05, 0) is 50.4 Å². The highest BCUT2D eigenvalue weighted by molar-refractivity contribution is 5.91. The normalized spacial score (nSPS) is 11.7. The number of anilines is 3. The Hall–Kier alpha value is -5.66. The van der Waals surface area contributed by atoms with Gasteiger partial charge in [-0.15, -0.1) is 0 Å². The van der Waals surface area contributed by atoms with Gasteiger partial charge in [-0.3, -0.25) is 47.9 Å². The molecule has 20 nitrogen and oxygen atoms in total. The van der Waals surface area contributed by atoms with Gasteiger partial charge in [-0.1, -0.05) is 92.9 Å². The molecule has 374 valence electrons. The van der Waals surface area contributed by atoms with Crippen molar-refractivity contribution >= 4 is 52.5 Å². The molecule has 3 amide bonds. The number of aliphatic carboxylic acids is 2. The summed E-state index contributed by atoms with van der Waals surface area (Å²) < 4.78 is 4.82. The van der Waals surface area contributed by atoms with Crippen molar-refractivity contribution in [1.29, 1.82) is 0 Å². The fourth-order valence-corrected chi connectivity index (χ4v) is 6.07. The Labute approximate surface area is 387 Å². The molecule has 10 N–H and O–H groups in total. The van der Waals surface area contributed by atoms with E-state index >= 15 is 0 Å². The fourth-order valence-electron chi connectivity index (χ4n) is 6.07. The minimum Gasteiger partial charge on any atom is -0.491 e. The third-order valence-corrected chi connectivity index (χ3v) is 10.1. The SMILES string of the molecule is CC(C)CCC(N)C(=O)NCC(=O)CCC(=O)O.CCCCCCCNc1c(NC(CCC(C)C)C(=O)NCC(=O)NCC(=O)O)c(=O)c1=O.CCCCCCCNc1c(OC)c(=O)c1=O. The van der Waals surface area contributed by atoms with E-state index in [1.54, 1.807) is 0 Å². The third-order valence-electron chi connectivity index (χ3n) is 10.1. The molecule has 2 unspecified atom stereocenters. The molecule has 0 spiro atoms. The zero-order valence-corrected chi connectivity index (χ0v) is 40.1. The first-order valence-electron chi connectivity index (χ1n) is 23.2. The molecule has 0 radical (unpaired) electrons. The first-order valence-corrected chi connectivity index (χ1v) is 23.2. The summed E-state index contributed by atoms with van der Waals surface area (Å²) in [5.74, 6) is -3.06. The van der Waals surface area contributed by atoms with Crippen LogP contribution in [0.2, 0.25) is 0 Å². The van der Waals surface area contributed by atoms with E-state index in [9.17, 15) is 47.9 Å². The molecule has 2 atom stereocenters. The molecule has 2 aromatic carbocycles. The number of nitrogens with one attached hydrogen (secondary N) is 6. The number of Topliss-reactive ketones (excluding diaryl/α,β-unsaturated/α-hetero) is 1. The number of hydrogen-bond donors (Lipinski definition) is 9. The molecule has 0 fully saturated rings. The summed E-state index contributed by atoms with van der Waals surface area (Å²) in [4.78, 5) is 114. The predicted molar refractivity (Wildman–Crippen MR) is 256 cm³/mol. The number of nitrogens with two attached hydrogens (primary N) is 1. The maximum Gasteiger partial charge on any atom is 0.322 e. The molecule has 0 bridgehead atoms. The summed E-state index contributed by atoms with van der Waals surface area (Å²) in [5.41, 5.74) is 4.07.